The second-order valence-electron chi connectivity index (χ2n) is 4.41. The van der Waals surface area contributed by atoms with Crippen molar-refractivity contribution >= 4 is 23.5 Å². The minimum absolute atomic E-state index is 0.292. The van der Waals surface area contributed by atoms with Gasteiger partial charge in [0.25, 0.3) is 0 Å². The second-order valence-corrected chi connectivity index (χ2v) is 6.86. The van der Waals surface area contributed by atoms with Crippen LogP contribution in [0, 0.1) is 0 Å². The van der Waals surface area contributed by atoms with Gasteiger partial charge in [-0.25, -0.2) is 0 Å². The van der Waals surface area contributed by atoms with Crippen LogP contribution < -0.4 is 5.73 Å². The molecular weight excluding hydrogens is 214 g/mol. The zero-order valence-corrected chi connectivity index (χ0v) is 10.1. The second kappa shape index (κ2) is 4.24. The van der Waals surface area contributed by atoms with Crippen molar-refractivity contribution in [1.82, 2.24) is 0 Å². The third-order valence-corrected chi connectivity index (χ3v) is 5.60. The molecule has 0 aromatic heterocycles. The van der Waals surface area contributed by atoms with Crippen LogP contribution in [0.1, 0.15) is 25.7 Å². The maximum Gasteiger partial charge on any atom is 0.0842 e. The number of hydrogen-bond donors (Lipinski definition) is 2. The molecule has 2 saturated heterocycles. The van der Waals surface area contributed by atoms with Gasteiger partial charge in [-0.1, -0.05) is 0 Å². The van der Waals surface area contributed by atoms with Crippen molar-refractivity contribution in [3.8, 4) is 0 Å². The van der Waals surface area contributed by atoms with E-state index in [1.807, 2.05) is 23.5 Å². The third kappa shape index (κ3) is 1.94. The van der Waals surface area contributed by atoms with Gasteiger partial charge in [-0.2, -0.15) is 23.5 Å². The average Bonchev–Trinajstić information content (AvgIpc) is 2.20. The molecule has 2 heterocycles. The summed E-state index contributed by atoms with van der Waals surface area (Å²) in [6.45, 7) is 0. The molecule has 2 fully saturated rings. The summed E-state index contributed by atoms with van der Waals surface area (Å²) >= 11 is 3.90. The summed E-state index contributed by atoms with van der Waals surface area (Å²) in [4.78, 5) is 0. The van der Waals surface area contributed by atoms with Gasteiger partial charge in [-0.3, -0.25) is 0 Å². The Morgan fingerprint density at radius 1 is 0.857 bits per heavy atom. The normalized spacial score (nSPS) is 31.3. The van der Waals surface area contributed by atoms with E-state index in [0.29, 0.717) is 0 Å². The highest BCUT2D eigenvalue weighted by Gasteiger charge is 2.48. The summed E-state index contributed by atoms with van der Waals surface area (Å²) in [5, 5.41) is 10.6. The van der Waals surface area contributed by atoms with Crippen molar-refractivity contribution < 1.29 is 5.11 Å². The van der Waals surface area contributed by atoms with Crippen molar-refractivity contribution in [2.45, 2.75) is 36.8 Å². The fourth-order valence-electron chi connectivity index (χ4n) is 2.41. The molecule has 0 amide bonds. The molecule has 0 spiro atoms. The molecule has 0 aromatic rings. The number of thioether (sulfide) groups is 2. The topological polar surface area (TPSA) is 46.2 Å². The van der Waals surface area contributed by atoms with Crippen LogP contribution in [0.5, 0.6) is 0 Å². The molecule has 0 unspecified atom stereocenters. The van der Waals surface area contributed by atoms with Gasteiger partial charge in [0.2, 0.25) is 0 Å². The van der Waals surface area contributed by atoms with Crippen LogP contribution in [0.15, 0.2) is 0 Å². The summed E-state index contributed by atoms with van der Waals surface area (Å²) in [5.41, 5.74) is 5.53. The van der Waals surface area contributed by atoms with E-state index in [2.05, 4.69) is 0 Å². The van der Waals surface area contributed by atoms with Crippen LogP contribution in [-0.4, -0.2) is 39.3 Å². The van der Waals surface area contributed by atoms with Crippen LogP contribution in [0.25, 0.3) is 0 Å². The van der Waals surface area contributed by atoms with E-state index < -0.39 is 5.60 Å². The van der Waals surface area contributed by atoms with Crippen LogP contribution >= 0.6 is 23.5 Å². The first kappa shape index (κ1) is 11.1. The molecule has 14 heavy (non-hydrogen) atoms. The third-order valence-electron chi connectivity index (χ3n) is 3.63. The summed E-state index contributed by atoms with van der Waals surface area (Å²) in [6.07, 6.45) is 3.75. The predicted molar refractivity (Wildman–Crippen MR) is 65.0 cm³/mol. The summed E-state index contributed by atoms with van der Waals surface area (Å²) in [6, 6.07) is 0. The Labute approximate surface area is 94.4 Å². The molecule has 0 bridgehead atoms. The molecule has 2 aliphatic rings. The van der Waals surface area contributed by atoms with E-state index >= 15 is 0 Å². The smallest absolute Gasteiger partial charge is 0.0842 e. The summed E-state index contributed by atoms with van der Waals surface area (Å²) in [5.74, 6) is 4.38. The van der Waals surface area contributed by atoms with Gasteiger partial charge in [-0.15, -0.1) is 0 Å². The zero-order valence-electron chi connectivity index (χ0n) is 8.50. The molecule has 82 valence electrons. The Hall–Kier alpha value is 0.620. The lowest BCUT2D eigenvalue weighted by molar-refractivity contribution is -0.0468. The zero-order chi connectivity index (χ0) is 10.1. The maximum atomic E-state index is 10.6. The van der Waals surface area contributed by atoms with Crippen LogP contribution in [0.3, 0.4) is 0 Å². The van der Waals surface area contributed by atoms with E-state index in [-0.39, 0.29) is 5.54 Å². The summed E-state index contributed by atoms with van der Waals surface area (Å²) in [7, 11) is 0. The van der Waals surface area contributed by atoms with Crippen LogP contribution in [0.4, 0.5) is 0 Å². The Morgan fingerprint density at radius 2 is 1.29 bits per heavy atom. The molecule has 3 N–H and O–H groups in total. The lowest BCUT2D eigenvalue weighted by Gasteiger charge is -2.48. The van der Waals surface area contributed by atoms with Gasteiger partial charge < -0.3 is 10.8 Å². The highest BCUT2D eigenvalue weighted by atomic mass is 32.2. The quantitative estimate of drug-likeness (QED) is 0.720. The van der Waals surface area contributed by atoms with Gasteiger partial charge in [0.15, 0.2) is 0 Å². The van der Waals surface area contributed by atoms with Crippen molar-refractivity contribution in [2.24, 2.45) is 5.73 Å². The number of nitrogens with two attached hydrogens (primary N) is 1. The van der Waals surface area contributed by atoms with Crippen LogP contribution in [0.2, 0.25) is 0 Å². The van der Waals surface area contributed by atoms with Crippen molar-refractivity contribution in [2.75, 3.05) is 23.0 Å². The number of aliphatic hydroxyl groups is 1. The maximum absolute atomic E-state index is 10.6. The molecule has 4 heteroatoms. The van der Waals surface area contributed by atoms with Gasteiger partial charge in [-0.05, 0) is 48.7 Å². The van der Waals surface area contributed by atoms with Gasteiger partial charge >= 0.3 is 0 Å². The molecule has 2 aliphatic heterocycles. The van der Waals surface area contributed by atoms with Crippen molar-refractivity contribution in [3.63, 3.8) is 0 Å². The summed E-state index contributed by atoms with van der Waals surface area (Å²) < 4.78 is 0. The molecule has 2 rings (SSSR count). The number of rotatable bonds is 1. The highest BCUT2D eigenvalue weighted by Crippen LogP contribution is 2.41. The minimum Gasteiger partial charge on any atom is -0.388 e. The minimum atomic E-state index is -0.570. The average molecular weight is 233 g/mol. The Bertz CT molecular complexity index is 176. The van der Waals surface area contributed by atoms with Gasteiger partial charge in [0.05, 0.1) is 5.60 Å². The Balaban J connectivity index is 2.09. The van der Waals surface area contributed by atoms with Crippen LogP contribution in [-0.2, 0) is 0 Å². The Morgan fingerprint density at radius 3 is 1.79 bits per heavy atom. The van der Waals surface area contributed by atoms with Crippen molar-refractivity contribution in [3.05, 3.63) is 0 Å². The lowest BCUT2D eigenvalue weighted by Crippen LogP contribution is -2.63. The van der Waals surface area contributed by atoms with E-state index in [9.17, 15) is 5.11 Å². The lowest BCUT2D eigenvalue weighted by atomic mass is 9.72. The standard InChI is InChI=1S/C10H19NOS2/c11-9(1-5-13-6-2-9)10(12)3-7-14-8-4-10/h12H,1-8,11H2. The van der Waals surface area contributed by atoms with E-state index in [1.165, 1.54) is 0 Å². The first-order chi connectivity index (χ1) is 6.66. The predicted octanol–water partition coefficient (Wildman–Crippen LogP) is 1.47. The molecule has 0 aliphatic carbocycles. The molecular formula is C10H19NOS2. The van der Waals surface area contributed by atoms with E-state index in [0.717, 1.165) is 48.7 Å². The van der Waals surface area contributed by atoms with E-state index in [1.54, 1.807) is 0 Å². The highest BCUT2D eigenvalue weighted by molar-refractivity contribution is 7.99. The first-order valence-electron chi connectivity index (χ1n) is 5.33. The Kier molecular flexibility index (Phi) is 3.37. The van der Waals surface area contributed by atoms with Crippen molar-refractivity contribution in [1.29, 1.82) is 0 Å². The molecule has 0 aromatic carbocycles. The fourth-order valence-corrected chi connectivity index (χ4v) is 4.80. The number of hydrogen-bond acceptors (Lipinski definition) is 4. The van der Waals surface area contributed by atoms with Gasteiger partial charge in [0.1, 0.15) is 0 Å². The fraction of sp³-hybridized carbons (Fsp3) is 1.00. The first-order valence-corrected chi connectivity index (χ1v) is 7.64. The molecule has 2 nitrogen and oxygen atoms in total. The molecule has 0 radical (unpaired) electrons. The SMILES string of the molecule is NC1(C2(O)CCSCC2)CCSCC1. The largest absolute Gasteiger partial charge is 0.388 e. The molecule has 0 saturated carbocycles. The van der Waals surface area contributed by atoms with Gasteiger partial charge in [0, 0.05) is 5.54 Å². The monoisotopic (exact) mass is 233 g/mol. The van der Waals surface area contributed by atoms with E-state index in [4.69, 9.17) is 5.73 Å². The molecule has 0 atom stereocenters.